The van der Waals surface area contributed by atoms with Crippen molar-refractivity contribution < 1.29 is 14.3 Å². The van der Waals surface area contributed by atoms with Crippen molar-refractivity contribution in [2.75, 3.05) is 25.5 Å². The van der Waals surface area contributed by atoms with Gasteiger partial charge in [-0.1, -0.05) is 18.2 Å². The summed E-state index contributed by atoms with van der Waals surface area (Å²) in [5.41, 5.74) is 3.13. The maximum absolute atomic E-state index is 12.6. The van der Waals surface area contributed by atoms with Gasteiger partial charge in [0.25, 0.3) is 0 Å². The number of carbonyl (C=O) groups excluding carboxylic acids is 1. The number of nitrogens with zero attached hydrogens (tertiary/aromatic N) is 2. The highest BCUT2D eigenvalue weighted by Gasteiger charge is 2.23. The van der Waals surface area contributed by atoms with Crippen molar-refractivity contribution in [3.63, 3.8) is 0 Å². The molecule has 0 unspecified atom stereocenters. The Kier molecular flexibility index (Phi) is 6.90. The highest BCUT2D eigenvalue weighted by molar-refractivity contribution is 5.89. The molecule has 6 nitrogen and oxygen atoms in total. The fraction of sp³-hybridized carbons (Fsp3) is 0.308. The van der Waals surface area contributed by atoms with Gasteiger partial charge in [0.2, 0.25) is 5.88 Å². The fourth-order valence-corrected chi connectivity index (χ4v) is 3.92. The second-order valence-corrected chi connectivity index (χ2v) is 8.22. The maximum atomic E-state index is 12.6. The van der Waals surface area contributed by atoms with Gasteiger partial charge in [-0.3, -0.25) is 0 Å². The van der Waals surface area contributed by atoms with E-state index in [1.165, 1.54) is 5.56 Å². The predicted octanol–water partition coefficient (Wildman–Crippen LogP) is 5.68. The van der Waals surface area contributed by atoms with E-state index in [0.717, 1.165) is 55.1 Å². The van der Waals surface area contributed by atoms with E-state index in [1.807, 2.05) is 60.4 Å². The Labute approximate surface area is 189 Å². The topological polar surface area (TPSA) is 63.7 Å². The number of benzene rings is 2. The van der Waals surface area contributed by atoms with Crippen molar-refractivity contribution in [1.82, 2.24) is 9.88 Å². The summed E-state index contributed by atoms with van der Waals surface area (Å²) >= 11 is 0. The third-order valence-electron chi connectivity index (χ3n) is 5.77. The van der Waals surface area contributed by atoms with Crippen LogP contribution in [0.15, 0.2) is 66.9 Å². The number of piperidine rings is 1. The van der Waals surface area contributed by atoms with Crippen LogP contribution in [0.1, 0.15) is 24.0 Å². The van der Waals surface area contributed by atoms with Crippen LogP contribution in [0.5, 0.6) is 17.4 Å². The minimum Gasteiger partial charge on any atom is -0.497 e. The van der Waals surface area contributed by atoms with E-state index in [-0.39, 0.29) is 6.03 Å². The lowest BCUT2D eigenvalue weighted by Gasteiger charge is -2.32. The quantitative estimate of drug-likeness (QED) is 0.546. The molecular weight excluding hydrogens is 402 g/mol. The number of rotatable bonds is 6. The summed E-state index contributed by atoms with van der Waals surface area (Å²) in [7, 11) is 1.63. The summed E-state index contributed by atoms with van der Waals surface area (Å²) in [6.07, 6.45) is 4.76. The molecule has 0 aliphatic carbocycles. The molecule has 3 aromatic rings. The maximum Gasteiger partial charge on any atom is 0.321 e. The molecular formula is C26H29N3O3. The van der Waals surface area contributed by atoms with Gasteiger partial charge < -0.3 is 19.7 Å². The first-order chi connectivity index (χ1) is 15.6. The van der Waals surface area contributed by atoms with Crippen LogP contribution in [0, 0.1) is 12.8 Å². The average Bonchev–Trinajstić information content (AvgIpc) is 2.82. The molecule has 1 aliphatic rings. The number of anilines is 1. The van der Waals surface area contributed by atoms with E-state index in [4.69, 9.17) is 9.47 Å². The zero-order chi connectivity index (χ0) is 22.3. The van der Waals surface area contributed by atoms with Crippen molar-refractivity contribution in [2.45, 2.75) is 26.2 Å². The highest BCUT2D eigenvalue weighted by atomic mass is 16.5. The Bertz CT molecular complexity index is 1030. The number of ether oxygens (including phenoxy) is 2. The summed E-state index contributed by atoms with van der Waals surface area (Å²) in [5, 5.41) is 2.97. The molecule has 1 N–H and O–H groups in total. The number of hydrogen-bond donors (Lipinski definition) is 1. The van der Waals surface area contributed by atoms with E-state index in [1.54, 1.807) is 13.3 Å². The smallest absolute Gasteiger partial charge is 0.321 e. The molecule has 1 aromatic heterocycles. The standard InChI is InChI=1S/C26H29N3O3/c1-19-6-11-25(27-18-19)32-24-5-3-4-21(17-24)16-20-12-14-29(15-13-20)26(30)28-22-7-9-23(31-2)10-8-22/h3-11,17-18,20H,12-16H2,1-2H3,(H,28,30). The van der Waals surface area contributed by atoms with Crippen LogP contribution < -0.4 is 14.8 Å². The molecule has 2 amide bonds. The lowest BCUT2D eigenvalue weighted by atomic mass is 9.90. The molecule has 0 spiro atoms. The normalized spacial score (nSPS) is 14.1. The van der Waals surface area contributed by atoms with Gasteiger partial charge in [0.1, 0.15) is 11.5 Å². The van der Waals surface area contributed by atoms with Crippen LogP contribution in [-0.2, 0) is 6.42 Å². The number of carbonyl (C=O) groups is 1. The number of hydrogen-bond acceptors (Lipinski definition) is 4. The first kappa shape index (κ1) is 21.7. The van der Waals surface area contributed by atoms with Crippen LogP contribution in [0.25, 0.3) is 0 Å². The fourth-order valence-electron chi connectivity index (χ4n) is 3.92. The van der Waals surface area contributed by atoms with Crippen LogP contribution >= 0.6 is 0 Å². The SMILES string of the molecule is COc1ccc(NC(=O)N2CCC(Cc3cccc(Oc4ccc(C)cn4)c3)CC2)cc1. The first-order valence-corrected chi connectivity index (χ1v) is 11.0. The summed E-state index contributed by atoms with van der Waals surface area (Å²) < 4.78 is 11.1. The molecule has 4 rings (SSSR count). The zero-order valence-corrected chi connectivity index (χ0v) is 18.6. The van der Waals surface area contributed by atoms with Crippen LogP contribution in [-0.4, -0.2) is 36.1 Å². The second kappa shape index (κ2) is 10.2. The van der Waals surface area contributed by atoms with Crippen LogP contribution in [0.3, 0.4) is 0 Å². The number of likely N-dealkylation sites (tertiary alicyclic amines) is 1. The van der Waals surface area contributed by atoms with Gasteiger partial charge in [-0.25, -0.2) is 9.78 Å². The van der Waals surface area contributed by atoms with Gasteiger partial charge in [0.05, 0.1) is 7.11 Å². The molecule has 0 bridgehead atoms. The van der Waals surface area contributed by atoms with Gasteiger partial charge in [-0.15, -0.1) is 0 Å². The lowest BCUT2D eigenvalue weighted by Crippen LogP contribution is -2.41. The average molecular weight is 432 g/mol. The van der Waals surface area contributed by atoms with E-state index in [9.17, 15) is 4.79 Å². The second-order valence-electron chi connectivity index (χ2n) is 8.22. The number of nitrogens with one attached hydrogen (secondary N) is 1. The number of pyridine rings is 1. The van der Waals surface area contributed by atoms with Crippen LogP contribution in [0.4, 0.5) is 10.5 Å². The van der Waals surface area contributed by atoms with E-state index >= 15 is 0 Å². The highest BCUT2D eigenvalue weighted by Crippen LogP contribution is 2.26. The number of aromatic nitrogens is 1. The molecule has 2 heterocycles. The van der Waals surface area contributed by atoms with Gasteiger partial charge in [0.15, 0.2) is 0 Å². The molecule has 0 radical (unpaired) electrons. The number of amides is 2. The van der Waals surface area contributed by atoms with Crippen molar-refractivity contribution in [3.8, 4) is 17.4 Å². The minimum absolute atomic E-state index is 0.0467. The summed E-state index contributed by atoms with van der Waals surface area (Å²) in [6, 6.07) is 19.4. The molecule has 0 saturated carbocycles. The first-order valence-electron chi connectivity index (χ1n) is 11.0. The Balaban J connectivity index is 1.27. The van der Waals surface area contributed by atoms with Crippen molar-refractivity contribution in [2.24, 2.45) is 5.92 Å². The molecule has 1 fully saturated rings. The van der Waals surface area contributed by atoms with E-state index in [2.05, 4.69) is 22.4 Å². The van der Waals surface area contributed by atoms with Crippen LogP contribution in [0.2, 0.25) is 0 Å². The lowest BCUT2D eigenvalue weighted by molar-refractivity contribution is 0.182. The summed E-state index contributed by atoms with van der Waals surface area (Å²) in [6.45, 7) is 3.53. The predicted molar refractivity (Wildman–Crippen MR) is 126 cm³/mol. The molecule has 0 atom stereocenters. The third-order valence-corrected chi connectivity index (χ3v) is 5.77. The molecule has 166 valence electrons. The van der Waals surface area contributed by atoms with Gasteiger partial charge >= 0.3 is 6.03 Å². The van der Waals surface area contributed by atoms with Crippen molar-refractivity contribution in [1.29, 1.82) is 0 Å². The number of urea groups is 1. The third kappa shape index (κ3) is 5.78. The molecule has 6 heteroatoms. The van der Waals surface area contributed by atoms with Gasteiger partial charge in [-0.05, 0) is 79.6 Å². The number of methoxy groups -OCH3 is 1. The minimum atomic E-state index is -0.0467. The Morgan fingerprint density at radius 1 is 1.06 bits per heavy atom. The summed E-state index contributed by atoms with van der Waals surface area (Å²) in [4.78, 5) is 18.8. The van der Waals surface area contributed by atoms with Gasteiger partial charge in [-0.2, -0.15) is 0 Å². The Hall–Kier alpha value is -3.54. The zero-order valence-electron chi connectivity index (χ0n) is 18.6. The van der Waals surface area contributed by atoms with E-state index < -0.39 is 0 Å². The van der Waals surface area contributed by atoms with Crippen molar-refractivity contribution >= 4 is 11.7 Å². The number of aryl methyl sites for hydroxylation is 1. The Morgan fingerprint density at radius 3 is 2.53 bits per heavy atom. The Morgan fingerprint density at radius 2 is 1.84 bits per heavy atom. The molecule has 2 aromatic carbocycles. The monoisotopic (exact) mass is 431 g/mol. The van der Waals surface area contributed by atoms with E-state index in [0.29, 0.717) is 11.8 Å². The largest absolute Gasteiger partial charge is 0.497 e. The van der Waals surface area contributed by atoms with Crippen molar-refractivity contribution in [3.05, 3.63) is 78.0 Å². The van der Waals surface area contributed by atoms with Gasteiger partial charge in [0, 0.05) is 31.0 Å². The summed E-state index contributed by atoms with van der Waals surface area (Å²) in [5.74, 6) is 2.72. The molecule has 1 saturated heterocycles. The molecule has 32 heavy (non-hydrogen) atoms. The molecule has 1 aliphatic heterocycles.